The molecule has 2 heterocycles. The Bertz CT molecular complexity index is 1470. The fraction of sp³-hybridized carbons (Fsp3) is 0.429. The van der Waals surface area contributed by atoms with E-state index in [0.717, 1.165) is 48.0 Å². The molecule has 0 amide bonds. The quantitative estimate of drug-likeness (QED) is 0.111. The number of fused-ring (bicyclic) bond motifs is 3. The van der Waals surface area contributed by atoms with Crippen LogP contribution in [0.2, 0.25) is 0 Å². The molecule has 0 unspecified atom stereocenters. The minimum atomic E-state index is -0.347. The van der Waals surface area contributed by atoms with Gasteiger partial charge in [0.2, 0.25) is 0 Å². The molecule has 0 spiro atoms. The van der Waals surface area contributed by atoms with Crippen molar-refractivity contribution in [3.63, 3.8) is 0 Å². The number of para-hydroxylation sites is 1. The Labute approximate surface area is 258 Å². The van der Waals surface area contributed by atoms with E-state index in [0.29, 0.717) is 5.57 Å². The number of hydrogen-bond donors (Lipinski definition) is 1. The van der Waals surface area contributed by atoms with Crippen LogP contribution in [0, 0.1) is 30.7 Å². The van der Waals surface area contributed by atoms with Gasteiger partial charge in [0.1, 0.15) is 5.76 Å². The minimum Gasteiger partial charge on any atom is -0.511 e. The molecular formula is C35H44IrNO2S-. The van der Waals surface area contributed by atoms with Gasteiger partial charge in [-0.15, -0.1) is 46.2 Å². The van der Waals surface area contributed by atoms with Crippen LogP contribution in [0.5, 0.6) is 0 Å². The van der Waals surface area contributed by atoms with Crippen molar-refractivity contribution in [1.29, 1.82) is 0 Å². The zero-order valence-corrected chi connectivity index (χ0v) is 28.7. The molecule has 2 aromatic carbocycles. The maximum Gasteiger partial charge on any atom is 0.167 e. The molecule has 0 aliphatic carbocycles. The smallest absolute Gasteiger partial charge is 0.167 e. The third-order valence-corrected chi connectivity index (χ3v) is 9.59. The van der Waals surface area contributed by atoms with Gasteiger partial charge in [-0.05, 0) is 55.1 Å². The molecule has 40 heavy (non-hydrogen) atoms. The fourth-order valence-electron chi connectivity index (χ4n) is 5.05. The van der Waals surface area contributed by atoms with E-state index in [9.17, 15) is 9.90 Å². The SMILES string of the molecule is CCC(C)(CC)C(=O)/C(C)=C(\O)C(C)(CC)CC.Cc1[c-]c(-c2nc3ccccc3c3sccc23)cc(C)c1.[Ir]. The van der Waals surface area contributed by atoms with Crippen molar-refractivity contribution < 1.29 is 30.0 Å². The van der Waals surface area contributed by atoms with Gasteiger partial charge in [0, 0.05) is 46.6 Å². The number of carbonyl (C=O) groups excluding carboxylic acids is 1. The van der Waals surface area contributed by atoms with Crippen LogP contribution in [0.3, 0.4) is 0 Å². The fourth-order valence-corrected chi connectivity index (χ4v) is 5.98. The number of rotatable bonds is 8. The number of hydrogen-bond acceptors (Lipinski definition) is 4. The van der Waals surface area contributed by atoms with Gasteiger partial charge in [-0.3, -0.25) is 9.78 Å². The Kier molecular flexibility index (Phi) is 11.9. The summed E-state index contributed by atoms with van der Waals surface area (Å²) in [5, 5.41) is 15.0. The van der Waals surface area contributed by atoms with Crippen LogP contribution in [0.1, 0.15) is 85.3 Å². The number of carbonyl (C=O) groups is 1. The Morgan fingerprint density at radius 2 is 1.52 bits per heavy atom. The third-order valence-electron chi connectivity index (χ3n) is 8.64. The van der Waals surface area contributed by atoms with Crippen LogP contribution in [0.25, 0.3) is 32.2 Å². The van der Waals surface area contributed by atoms with E-state index in [1.807, 2.05) is 33.8 Å². The molecule has 1 radical (unpaired) electrons. The molecule has 0 fully saturated rings. The summed E-state index contributed by atoms with van der Waals surface area (Å²) < 4.78 is 1.31. The number of thiophene rings is 1. The molecule has 1 N–H and O–H groups in total. The molecule has 5 heteroatoms. The van der Waals surface area contributed by atoms with E-state index in [4.69, 9.17) is 4.98 Å². The number of benzene rings is 2. The minimum absolute atomic E-state index is 0. The summed E-state index contributed by atoms with van der Waals surface area (Å²) in [6.07, 6.45) is 3.30. The summed E-state index contributed by atoms with van der Waals surface area (Å²) in [6.45, 7) is 18.2. The number of aryl methyl sites for hydroxylation is 2. The molecule has 0 bridgehead atoms. The average Bonchev–Trinajstić information content (AvgIpc) is 3.45. The Balaban J connectivity index is 0.000000278. The second-order valence-corrected chi connectivity index (χ2v) is 12.1. The van der Waals surface area contributed by atoms with Crippen molar-refractivity contribution in [2.45, 2.75) is 88.0 Å². The number of aliphatic hydroxyl groups excluding tert-OH is 1. The van der Waals surface area contributed by atoms with Crippen LogP contribution < -0.4 is 0 Å². The van der Waals surface area contributed by atoms with Gasteiger partial charge in [0.05, 0.1) is 5.52 Å². The first-order valence-electron chi connectivity index (χ1n) is 14.2. The topological polar surface area (TPSA) is 50.2 Å². The predicted octanol–water partition coefficient (Wildman–Crippen LogP) is 10.6. The van der Waals surface area contributed by atoms with Crippen molar-refractivity contribution in [3.8, 4) is 11.3 Å². The third kappa shape index (κ3) is 6.93. The number of aromatic nitrogens is 1. The van der Waals surface area contributed by atoms with Gasteiger partial charge in [-0.1, -0.05) is 79.7 Å². The van der Waals surface area contributed by atoms with E-state index in [1.54, 1.807) is 18.3 Å². The van der Waals surface area contributed by atoms with Crippen LogP contribution in [0.4, 0.5) is 0 Å². The van der Waals surface area contributed by atoms with Crippen molar-refractivity contribution in [2.75, 3.05) is 0 Å². The number of aliphatic hydroxyl groups is 1. The van der Waals surface area contributed by atoms with Gasteiger partial charge in [0.25, 0.3) is 0 Å². The maximum absolute atomic E-state index is 12.5. The van der Waals surface area contributed by atoms with Crippen LogP contribution >= 0.6 is 11.3 Å². The summed E-state index contributed by atoms with van der Waals surface area (Å²) in [4.78, 5) is 17.4. The molecular weight excluding hydrogens is 691 g/mol. The molecule has 2 aromatic heterocycles. The molecule has 0 aliphatic heterocycles. The first kappa shape index (κ1) is 33.9. The monoisotopic (exact) mass is 735 g/mol. The first-order valence-corrected chi connectivity index (χ1v) is 15.0. The number of Topliss-reactive ketones (excluding diaryl/α,β-unsaturated/α-hetero) is 1. The molecule has 4 aromatic rings. The number of ketones is 1. The van der Waals surface area contributed by atoms with E-state index in [2.05, 4.69) is 75.5 Å². The summed E-state index contributed by atoms with van der Waals surface area (Å²) in [6, 6.07) is 18.3. The summed E-state index contributed by atoms with van der Waals surface area (Å²) in [5.41, 5.74) is 5.51. The van der Waals surface area contributed by atoms with E-state index < -0.39 is 0 Å². The summed E-state index contributed by atoms with van der Waals surface area (Å²) in [5.74, 6) is 0.378. The van der Waals surface area contributed by atoms with Crippen LogP contribution in [-0.2, 0) is 24.9 Å². The second-order valence-electron chi connectivity index (χ2n) is 11.2. The molecule has 0 atom stereocenters. The van der Waals surface area contributed by atoms with Crippen LogP contribution in [-0.4, -0.2) is 15.9 Å². The molecule has 217 valence electrons. The zero-order chi connectivity index (χ0) is 29.0. The van der Waals surface area contributed by atoms with Gasteiger partial charge in [-0.25, -0.2) is 0 Å². The molecule has 4 rings (SSSR count). The molecule has 0 aliphatic rings. The average molecular weight is 735 g/mol. The van der Waals surface area contributed by atoms with Crippen molar-refractivity contribution >= 4 is 38.1 Å². The van der Waals surface area contributed by atoms with Crippen molar-refractivity contribution in [3.05, 3.63) is 76.4 Å². The van der Waals surface area contributed by atoms with E-state index in [-0.39, 0.29) is 42.5 Å². The number of nitrogens with zero attached hydrogens (tertiary/aromatic N) is 1. The molecule has 3 nitrogen and oxygen atoms in total. The summed E-state index contributed by atoms with van der Waals surface area (Å²) >= 11 is 1.78. The van der Waals surface area contributed by atoms with E-state index >= 15 is 0 Å². The standard InChI is InChI=1S/C19H14NS.C16H30O2.Ir/c1-12-9-13(2)11-14(10-12)18-16-7-8-21-19(16)15-5-3-4-6-17(15)20-18;1-8-15(6,9-2)13(17)12(5)14(18)16(7,10-3)11-4;/h3-10H,1-2H3;17H,8-11H2,1-7H3;/q-1;;/b;13-12-;. The van der Waals surface area contributed by atoms with E-state index in [1.165, 1.54) is 21.0 Å². The van der Waals surface area contributed by atoms with Gasteiger partial charge in [-0.2, -0.15) is 0 Å². The Morgan fingerprint density at radius 1 is 0.925 bits per heavy atom. The second kappa shape index (κ2) is 14.0. The summed E-state index contributed by atoms with van der Waals surface area (Å²) in [7, 11) is 0. The predicted molar refractivity (Wildman–Crippen MR) is 169 cm³/mol. The Hall–Kier alpha value is -2.33. The van der Waals surface area contributed by atoms with Gasteiger partial charge < -0.3 is 5.11 Å². The largest absolute Gasteiger partial charge is 0.511 e. The molecule has 0 saturated carbocycles. The maximum atomic E-state index is 12.5. The number of allylic oxidation sites excluding steroid dienone is 2. The molecule has 0 saturated heterocycles. The van der Waals surface area contributed by atoms with Crippen molar-refractivity contribution in [1.82, 2.24) is 4.98 Å². The zero-order valence-electron chi connectivity index (χ0n) is 25.5. The number of pyridine rings is 1. The van der Waals surface area contributed by atoms with Gasteiger partial charge >= 0.3 is 0 Å². The van der Waals surface area contributed by atoms with Gasteiger partial charge in [0.15, 0.2) is 5.78 Å². The normalized spacial score (nSPS) is 12.4. The Morgan fingerprint density at radius 3 is 2.10 bits per heavy atom. The van der Waals surface area contributed by atoms with Crippen molar-refractivity contribution in [2.24, 2.45) is 10.8 Å². The first-order chi connectivity index (χ1) is 18.4. The van der Waals surface area contributed by atoms with Crippen LogP contribution in [0.15, 0.2) is 59.2 Å².